The van der Waals surface area contributed by atoms with Crippen LogP contribution in [0.25, 0.3) is 0 Å². The molecule has 1 unspecified atom stereocenters. The van der Waals surface area contributed by atoms with Gasteiger partial charge >= 0.3 is 0 Å². The maximum absolute atomic E-state index is 13.2. The minimum atomic E-state index is -0.410. The lowest BCUT2D eigenvalue weighted by Gasteiger charge is -2.18. The molecule has 0 aliphatic carbocycles. The number of carbonyl (C=O) groups excluding carboxylic acids is 2. The highest BCUT2D eigenvalue weighted by Crippen LogP contribution is 2.26. The summed E-state index contributed by atoms with van der Waals surface area (Å²) in [6.45, 7) is 2.14. The van der Waals surface area contributed by atoms with Gasteiger partial charge in [-0.25, -0.2) is 0 Å². The van der Waals surface area contributed by atoms with E-state index in [1.54, 1.807) is 42.5 Å². The molecule has 4 N–H and O–H groups in total. The van der Waals surface area contributed by atoms with E-state index < -0.39 is 5.91 Å². The van der Waals surface area contributed by atoms with Gasteiger partial charge < -0.3 is 10.6 Å². The molecule has 36 heavy (non-hydrogen) atoms. The van der Waals surface area contributed by atoms with Crippen molar-refractivity contribution in [1.82, 2.24) is 10.9 Å². The number of rotatable bonds is 9. The zero-order valence-electron chi connectivity index (χ0n) is 19.8. The summed E-state index contributed by atoms with van der Waals surface area (Å²) in [5, 5.41) is 6.86. The maximum Gasteiger partial charge on any atom is 0.269 e. The molecule has 0 bridgehead atoms. The van der Waals surface area contributed by atoms with Crippen LogP contribution < -0.4 is 21.5 Å². The van der Waals surface area contributed by atoms with Crippen molar-refractivity contribution in [3.05, 3.63) is 94.0 Å². The predicted molar refractivity (Wildman–Crippen MR) is 152 cm³/mol. The SMILES string of the molecule is CCCCCC(C(=O)Nc1cccc(C(=O)NNC(=S)Nc2ccc(Cl)c(Cl)c2)c1)c1ccccc1. The topological polar surface area (TPSA) is 82.3 Å². The number of nitrogens with one attached hydrogen (secondary N) is 4. The first-order chi connectivity index (χ1) is 17.4. The summed E-state index contributed by atoms with van der Waals surface area (Å²) in [5.74, 6) is -0.770. The Hall–Kier alpha value is -3.13. The number of amides is 2. The molecule has 0 heterocycles. The predicted octanol–water partition coefficient (Wildman–Crippen LogP) is 6.93. The number of unbranched alkanes of at least 4 members (excludes halogenated alkanes) is 2. The van der Waals surface area contributed by atoms with Gasteiger partial charge in [0, 0.05) is 16.9 Å². The summed E-state index contributed by atoms with van der Waals surface area (Å²) < 4.78 is 0. The third kappa shape index (κ3) is 8.22. The lowest BCUT2D eigenvalue weighted by molar-refractivity contribution is -0.117. The van der Waals surface area contributed by atoms with Crippen LogP contribution in [0.2, 0.25) is 10.0 Å². The van der Waals surface area contributed by atoms with Crippen molar-refractivity contribution in [2.75, 3.05) is 10.6 Å². The summed E-state index contributed by atoms with van der Waals surface area (Å²) in [6, 6.07) is 21.5. The smallest absolute Gasteiger partial charge is 0.269 e. The quantitative estimate of drug-likeness (QED) is 0.134. The van der Waals surface area contributed by atoms with E-state index >= 15 is 0 Å². The lowest BCUT2D eigenvalue weighted by Crippen LogP contribution is -2.43. The molecule has 0 aliphatic heterocycles. The van der Waals surface area contributed by atoms with Crippen LogP contribution in [0.1, 0.15) is 54.4 Å². The van der Waals surface area contributed by atoms with Gasteiger partial charge in [-0.3, -0.25) is 20.4 Å². The number of thiocarbonyl (C=S) groups is 1. The van der Waals surface area contributed by atoms with Crippen LogP contribution in [-0.4, -0.2) is 16.9 Å². The van der Waals surface area contributed by atoms with Crippen molar-refractivity contribution in [2.24, 2.45) is 0 Å². The monoisotopic (exact) mass is 542 g/mol. The second-order valence-corrected chi connectivity index (χ2v) is 9.41. The molecule has 3 rings (SSSR count). The second kappa shape index (κ2) is 13.8. The Kier molecular flexibility index (Phi) is 10.5. The number of hydrazine groups is 1. The minimum absolute atomic E-state index is 0.0972. The van der Waals surface area contributed by atoms with Gasteiger partial charge in [0.1, 0.15) is 0 Å². The number of hydrogen-bond acceptors (Lipinski definition) is 3. The molecule has 188 valence electrons. The third-order valence-electron chi connectivity index (χ3n) is 5.47. The van der Waals surface area contributed by atoms with E-state index in [0.29, 0.717) is 27.0 Å². The van der Waals surface area contributed by atoms with Crippen molar-refractivity contribution < 1.29 is 9.59 Å². The first-order valence-electron chi connectivity index (χ1n) is 11.7. The normalized spacial score (nSPS) is 11.3. The number of carbonyl (C=O) groups is 2. The van der Waals surface area contributed by atoms with Crippen molar-refractivity contribution in [3.8, 4) is 0 Å². The van der Waals surface area contributed by atoms with E-state index in [0.717, 1.165) is 31.2 Å². The highest BCUT2D eigenvalue weighted by Gasteiger charge is 2.20. The third-order valence-corrected chi connectivity index (χ3v) is 6.42. The molecule has 0 spiro atoms. The molecule has 1 atom stereocenters. The van der Waals surface area contributed by atoms with Crippen LogP contribution in [0.4, 0.5) is 11.4 Å². The number of anilines is 2. The van der Waals surface area contributed by atoms with E-state index in [4.69, 9.17) is 35.4 Å². The molecule has 0 aromatic heterocycles. The lowest BCUT2D eigenvalue weighted by atomic mass is 9.92. The Labute approximate surface area is 226 Å². The molecule has 6 nitrogen and oxygen atoms in total. The van der Waals surface area contributed by atoms with Gasteiger partial charge in [-0.2, -0.15) is 0 Å². The van der Waals surface area contributed by atoms with Crippen LogP contribution in [0.5, 0.6) is 0 Å². The van der Waals surface area contributed by atoms with Crippen LogP contribution in [0, 0.1) is 0 Å². The average Bonchev–Trinajstić information content (AvgIpc) is 2.88. The van der Waals surface area contributed by atoms with Gasteiger partial charge in [-0.1, -0.05) is 85.8 Å². The molecule has 3 aromatic rings. The van der Waals surface area contributed by atoms with E-state index in [2.05, 4.69) is 28.4 Å². The minimum Gasteiger partial charge on any atom is -0.331 e. The van der Waals surface area contributed by atoms with E-state index in [1.165, 1.54) is 0 Å². The Balaban J connectivity index is 1.59. The molecular formula is C27H28Cl2N4O2S. The van der Waals surface area contributed by atoms with Gasteiger partial charge in [0.05, 0.1) is 16.0 Å². The summed E-state index contributed by atoms with van der Waals surface area (Å²) in [5.41, 5.74) is 7.69. The fourth-order valence-corrected chi connectivity index (χ4v) is 4.09. The fraction of sp³-hybridized carbons (Fsp3) is 0.222. The molecule has 0 aliphatic rings. The average molecular weight is 544 g/mol. The first kappa shape index (κ1) is 27.5. The van der Waals surface area contributed by atoms with Gasteiger partial charge in [-0.05, 0) is 60.6 Å². The molecule has 0 radical (unpaired) electrons. The fourth-order valence-electron chi connectivity index (χ4n) is 3.62. The Morgan fingerprint density at radius 2 is 1.58 bits per heavy atom. The molecular weight excluding hydrogens is 515 g/mol. The van der Waals surface area contributed by atoms with E-state index in [-0.39, 0.29) is 16.9 Å². The van der Waals surface area contributed by atoms with Gasteiger partial charge in [-0.15, -0.1) is 0 Å². The Morgan fingerprint density at radius 3 is 2.31 bits per heavy atom. The molecule has 9 heteroatoms. The highest BCUT2D eigenvalue weighted by molar-refractivity contribution is 7.80. The highest BCUT2D eigenvalue weighted by atomic mass is 35.5. The number of benzene rings is 3. The van der Waals surface area contributed by atoms with Crippen molar-refractivity contribution in [2.45, 2.75) is 38.5 Å². The molecule has 2 amide bonds. The molecule has 0 saturated carbocycles. The second-order valence-electron chi connectivity index (χ2n) is 8.19. The van der Waals surface area contributed by atoms with Gasteiger partial charge in [0.2, 0.25) is 5.91 Å². The Bertz CT molecular complexity index is 1210. The number of halogens is 2. The zero-order chi connectivity index (χ0) is 25.9. The first-order valence-corrected chi connectivity index (χ1v) is 12.8. The zero-order valence-corrected chi connectivity index (χ0v) is 22.1. The van der Waals surface area contributed by atoms with Crippen molar-refractivity contribution >= 4 is 63.7 Å². The molecule has 3 aromatic carbocycles. The summed E-state index contributed by atoms with van der Waals surface area (Å²) >= 11 is 17.1. The summed E-state index contributed by atoms with van der Waals surface area (Å²) in [4.78, 5) is 25.8. The maximum atomic E-state index is 13.2. The Morgan fingerprint density at radius 1 is 0.833 bits per heavy atom. The van der Waals surface area contributed by atoms with Crippen LogP contribution in [-0.2, 0) is 4.79 Å². The molecule has 0 saturated heterocycles. The standard InChI is InChI=1S/C27H28Cl2N4O2S/c1-2-3-5-13-22(18-9-6-4-7-10-18)26(35)30-20-12-8-11-19(16-20)25(34)32-33-27(36)31-21-14-15-23(28)24(29)17-21/h4,6-12,14-17,22H,2-3,5,13H2,1H3,(H,30,35)(H,32,34)(H2,31,33,36). The van der Waals surface area contributed by atoms with Crippen LogP contribution >= 0.6 is 35.4 Å². The van der Waals surface area contributed by atoms with Crippen LogP contribution in [0.3, 0.4) is 0 Å². The number of hydrogen-bond donors (Lipinski definition) is 4. The van der Waals surface area contributed by atoms with E-state index in [1.807, 2.05) is 30.3 Å². The summed E-state index contributed by atoms with van der Waals surface area (Å²) in [7, 11) is 0. The van der Waals surface area contributed by atoms with Crippen LogP contribution in [0.15, 0.2) is 72.8 Å². The largest absolute Gasteiger partial charge is 0.331 e. The van der Waals surface area contributed by atoms with Gasteiger partial charge in [0.15, 0.2) is 5.11 Å². The van der Waals surface area contributed by atoms with Crippen molar-refractivity contribution in [3.63, 3.8) is 0 Å². The molecule has 0 fully saturated rings. The van der Waals surface area contributed by atoms with Crippen molar-refractivity contribution in [1.29, 1.82) is 0 Å². The van der Waals surface area contributed by atoms with E-state index in [9.17, 15) is 9.59 Å². The van der Waals surface area contributed by atoms with Gasteiger partial charge in [0.25, 0.3) is 5.91 Å². The summed E-state index contributed by atoms with van der Waals surface area (Å²) in [6.07, 6.45) is 3.88.